The second-order valence-corrected chi connectivity index (χ2v) is 6.52. The normalized spacial score (nSPS) is 10.6. The molecule has 0 aliphatic rings. The van der Waals surface area contributed by atoms with E-state index in [0.29, 0.717) is 17.8 Å². The standard InChI is InChI=1S/C18H17N3O2S/c1-11-16(24-18(21-11)13-6-4-3-5-7-13)10-20-17(23)15-8-14(9-19-15)12(2)22/h3-9,19H,10H2,1-2H3,(H,20,23). The van der Waals surface area contributed by atoms with Gasteiger partial charge in [-0.1, -0.05) is 30.3 Å². The maximum Gasteiger partial charge on any atom is 0.268 e. The lowest BCUT2D eigenvalue weighted by atomic mass is 10.2. The van der Waals surface area contributed by atoms with Crippen LogP contribution in [0.2, 0.25) is 0 Å². The summed E-state index contributed by atoms with van der Waals surface area (Å²) in [4.78, 5) is 31.9. The molecule has 0 fully saturated rings. The number of nitrogens with zero attached hydrogens (tertiary/aromatic N) is 1. The molecular formula is C18H17N3O2S. The fourth-order valence-electron chi connectivity index (χ4n) is 2.28. The first-order chi connectivity index (χ1) is 11.5. The van der Waals surface area contributed by atoms with E-state index < -0.39 is 0 Å². The summed E-state index contributed by atoms with van der Waals surface area (Å²) in [5, 5.41) is 3.80. The van der Waals surface area contributed by atoms with Crippen LogP contribution >= 0.6 is 11.3 Å². The lowest BCUT2D eigenvalue weighted by Gasteiger charge is -2.02. The van der Waals surface area contributed by atoms with Crippen molar-refractivity contribution >= 4 is 23.0 Å². The number of hydrogen-bond acceptors (Lipinski definition) is 4. The molecule has 0 saturated carbocycles. The van der Waals surface area contributed by atoms with E-state index in [0.717, 1.165) is 21.1 Å². The summed E-state index contributed by atoms with van der Waals surface area (Å²) in [5.41, 5.74) is 2.86. The lowest BCUT2D eigenvalue weighted by molar-refractivity contribution is 0.0946. The van der Waals surface area contributed by atoms with Gasteiger partial charge in [0.15, 0.2) is 5.78 Å². The Morgan fingerprint density at radius 1 is 1.25 bits per heavy atom. The number of amides is 1. The molecule has 0 bridgehead atoms. The number of rotatable bonds is 5. The summed E-state index contributed by atoms with van der Waals surface area (Å²) in [6.45, 7) is 3.81. The molecule has 24 heavy (non-hydrogen) atoms. The number of carbonyl (C=O) groups is 2. The van der Waals surface area contributed by atoms with E-state index in [-0.39, 0.29) is 11.7 Å². The summed E-state index contributed by atoms with van der Waals surface area (Å²) >= 11 is 1.57. The van der Waals surface area contributed by atoms with Crippen molar-refractivity contribution in [3.05, 3.63) is 64.4 Å². The second-order valence-electron chi connectivity index (χ2n) is 5.43. The molecule has 0 unspecified atom stereocenters. The molecule has 0 saturated heterocycles. The third-order valence-electron chi connectivity index (χ3n) is 3.66. The number of nitrogens with one attached hydrogen (secondary N) is 2. The summed E-state index contributed by atoms with van der Waals surface area (Å²) in [7, 11) is 0. The molecule has 1 amide bonds. The van der Waals surface area contributed by atoms with Crippen LogP contribution in [0, 0.1) is 6.92 Å². The van der Waals surface area contributed by atoms with Crippen molar-refractivity contribution in [2.75, 3.05) is 0 Å². The van der Waals surface area contributed by atoms with E-state index in [2.05, 4.69) is 15.3 Å². The van der Waals surface area contributed by atoms with Crippen molar-refractivity contribution in [1.82, 2.24) is 15.3 Å². The molecule has 0 aliphatic carbocycles. The van der Waals surface area contributed by atoms with Gasteiger partial charge in [-0.05, 0) is 19.9 Å². The molecule has 3 rings (SSSR count). The number of thiazole rings is 1. The predicted octanol–water partition coefficient (Wildman–Crippen LogP) is 3.58. The highest BCUT2D eigenvalue weighted by molar-refractivity contribution is 7.15. The molecule has 6 heteroatoms. The molecule has 2 aromatic heterocycles. The van der Waals surface area contributed by atoms with Crippen molar-refractivity contribution in [3.8, 4) is 10.6 Å². The first-order valence-electron chi connectivity index (χ1n) is 7.54. The van der Waals surface area contributed by atoms with Crippen LogP contribution in [-0.2, 0) is 6.54 Å². The second kappa shape index (κ2) is 6.80. The average Bonchev–Trinajstić information content (AvgIpc) is 3.21. The molecule has 122 valence electrons. The van der Waals surface area contributed by atoms with E-state index in [4.69, 9.17) is 0 Å². The zero-order valence-corrected chi connectivity index (χ0v) is 14.2. The van der Waals surface area contributed by atoms with Crippen molar-refractivity contribution in [1.29, 1.82) is 0 Å². The van der Waals surface area contributed by atoms with Gasteiger partial charge in [-0.3, -0.25) is 9.59 Å². The number of Topliss-reactive ketones (excluding diaryl/α,β-unsaturated/α-hetero) is 1. The zero-order chi connectivity index (χ0) is 17.1. The molecule has 0 aliphatic heterocycles. The molecule has 2 heterocycles. The van der Waals surface area contributed by atoms with Crippen molar-refractivity contribution in [2.24, 2.45) is 0 Å². The van der Waals surface area contributed by atoms with Gasteiger partial charge in [0.1, 0.15) is 10.7 Å². The average molecular weight is 339 g/mol. The minimum atomic E-state index is -0.239. The quantitative estimate of drug-likeness (QED) is 0.698. The van der Waals surface area contributed by atoms with E-state index in [1.54, 1.807) is 23.6 Å². The first kappa shape index (κ1) is 16.1. The van der Waals surface area contributed by atoms with Gasteiger partial charge in [0, 0.05) is 22.2 Å². The van der Waals surface area contributed by atoms with Crippen molar-refractivity contribution in [3.63, 3.8) is 0 Å². The van der Waals surface area contributed by atoms with Crippen molar-refractivity contribution in [2.45, 2.75) is 20.4 Å². The maximum absolute atomic E-state index is 12.2. The molecule has 0 atom stereocenters. The largest absolute Gasteiger partial charge is 0.356 e. The van der Waals surface area contributed by atoms with Crippen LogP contribution in [0.25, 0.3) is 10.6 Å². The van der Waals surface area contributed by atoms with E-state index in [1.807, 2.05) is 37.3 Å². The number of carbonyl (C=O) groups excluding carboxylic acids is 2. The van der Waals surface area contributed by atoms with Crippen LogP contribution in [0.4, 0.5) is 0 Å². The number of aromatic nitrogens is 2. The molecule has 2 N–H and O–H groups in total. The van der Waals surface area contributed by atoms with E-state index in [1.165, 1.54) is 6.92 Å². The molecular weight excluding hydrogens is 322 g/mol. The smallest absolute Gasteiger partial charge is 0.268 e. The summed E-state index contributed by atoms with van der Waals surface area (Å²) < 4.78 is 0. The third kappa shape index (κ3) is 3.44. The van der Waals surface area contributed by atoms with Gasteiger partial charge in [-0.2, -0.15) is 0 Å². The number of ketones is 1. The molecule has 1 aromatic carbocycles. The number of hydrogen-bond donors (Lipinski definition) is 2. The molecule has 5 nitrogen and oxygen atoms in total. The highest BCUT2D eigenvalue weighted by Crippen LogP contribution is 2.27. The van der Waals surface area contributed by atoms with Crippen LogP contribution in [0.15, 0.2) is 42.6 Å². The van der Waals surface area contributed by atoms with Gasteiger partial charge in [-0.25, -0.2) is 4.98 Å². The zero-order valence-electron chi connectivity index (χ0n) is 13.4. The number of H-pyrrole nitrogens is 1. The highest BCUT2D eigenvalue weighted by Gasteiger charge is 2.13. The van der Waals surface area contributed by atoms with Gasteiger partial charge < -0.3 is 10.3 Å². The number of aryl methyl sites for hydroxylation is 1. The van der Waals surface area contributed by atoms with E-state index in [9.17, 15) is 9.59 Å². The molecule has 0 spiro atoms. The Bertz CT molecular complexity index is 881. The Hall–Kier alpha value is -2.73. The Balaban J connectivity index is 1.69. The maximum atomic E-state index is 12.2. The topological polar surface area (TPSA) is 74.8 Å². The Morgan fingerprint density at radius 3 is 2.67 bits per heavy atom. The predicted molar refractivity (Wildman–Crippen MR) is 94.3 cm³/mol. The molecule has 3 aromatic rings. The summed E-state index contributed by atoms with van der Waals surface area (Å²) in [6, 6.07) is 11.5. The van der Waals surface area contributed by atoms with Gasteiger partial charge in [0.25, 0.3) is 5.91 Å². The third-order valence-corrected chi connectivity index (χ3v) is 4.86. The number of aromatic amines is 1. The van der Waals surface area contributed by atoms with Crippen LogP contribution in [-0.4, -0.2) is 21.7 Å². The minimum Gasteiger partial charge on any atom is -0.356 e. The lowest BCUT2D eigenvalue weighted by Crippen LogP contribution is -2.22. The van der Waals surface area contributed by atoms with Crippen LogP contribution < -0.4 is 5.32 Å². The fourth-order valence-corrected chi connectivity index (χ4v) is 3.29. The number of benzene rings is 1. The van der Waals surface area contributed by atoms with Crippen LogP contribution in [0.3, 0.4) is 0 Å². The first-order valence-corrected chi connectivity index (χ1v) is 8.35. The summed E-state index contributed by atoms with van der Waals surface area (Å²) in [6.07, 6.45) is 1.54. The van der Waals surface area contributed by atoms with Gasteiger partial charge in [0.2, 0.25) is 0 Å². The van der Waals surface area contributed by atoms with E-state index >= 15 is 0 Å². The van der Waals surface area contributed by atoms with Gasteiger partial charge >= 0.3 is 0 Å². The summed E-state index contributed by atoms with van der Waals surface area (Å²) in [5.74, 6) is -0.312. The van der Waals surface area contributed by atoms with Crippen LogP contribution in [0.5, 0.6) is 0 Å². The minimum absolute atomic E-state index is 0.0731. The highest BCUT2D eigenvalue weighted by atomic mass is 32.1. The SMILES string of the molecule is CC(=O)c1c[nH]c(C(=O)NCc2sc(-c3ccccc3)nc2C)c1. The van der Waals surface area contributed by atoms with Gasteiger partial charge in [-0.15, -0.1) is 11.3 Å². The fraction of sp³-hybridized carbons (Fsp3) is 0.167. The Morgan fingerprint density at radius 2 is 2.00 bits per heavy atom. The molecule has 0 radical (unpaired) electrons. The monoisotopic (exact) mass is 339 g/mol. The van der Waals surface area contributed by atoms with Crippen molar-refractivity contribution < 1.29 is 9.59 Å². The Labute approximate surface area is 143 Å². The van der Waals surface area contributed by atoms with Crippen LogP contribution in [0.1, 0.15) is 38.3 Å². The Kier molecular flexibility index (Phi) is 4.57. The van der Waals surface area contributed by atoms with Gasteiger partial charge in [0.05, 0.1) is 12.2 Å².